The molecule has 7 heteroatoms. The molecule has 2 aliphatic heterocycles. The van der Waals surface area contributed by atoms with Gasteiger partial charge in [0.05, 0.1) is 12.1 Å². The van der Waals surface area contributed by atoms with Crippen LogP contribution in [0.5, 0.6) is 0 Å². The number of unbranched alkanes of at least 4 members (excludes halogenated alkanes) is 1. The van der Waals surface area contributed by atoms with E-state index in [-0.39, 0.29) is 5.91 Å². The van der Waals surface area contributed by atoms with Crippen molar-refractivity contribution in [1.29, 1.82) is 0 Å². The number of rotatable bonds is 10. The lowest BCUT2D eigenvalue weighted by Gasteiger charge is -2.32. The number of carbonyl (C=O) groups is 1. The molecule has 0 saturated carbocycles. The van der Waals surface area contributed by atoms with E-state index in [1.807, 2.05) is 5.38 Å². The standard InChI is InChI=1S/C25H37N5OS/c1-28-13-15-30(16-14-28)19-21-7-6-8-22(17-21)25-27-23(20-32-25)18-24(31)26-9-2-3-10-29-11-4-5-12-29/h6-8,17,20H,2-5,9-16,18-19H2,1H3,(H,26,31). The van der Waals surface area contributed by atoms with Crippen LogP contribution in [0.1, 0.15) is 36.9 Å². The molecule has 4 rings (SSSR count). The van der Waals surface area contributed by atoms with E-state index >= 15 is 0 Å². The van der Waals surface area contributed by atoms with Gasteiger partial charge in [-0.2, -0.15) is 0 Å². The molecule has 2 aliphatic rings. The normalized spacial score (nSPS) is 18.3. The maximum atomic E-state index is 12.3. The number of likely N-dealkylation sites (N-methyl/N-ethyl adjacent to an activating group) is 1. The number of hydrogen-bond donors (Lipinski definition) is 1. The van der Waals surface area contributed by atoms with Crippen LogP contribution in [0, 0.1) is 0 Å². The fraction of sp³-hybridized carbons (Fsp3) is 0.600. The van der Waals surface area contributed by atoms with Gasteiger partial charge in [0.2, 0.25) is 5.91 Å². The first kappa shape index (κ1) is 23.4. The number of aromatic nitrogens is 1. The van der Waals surface area contributed by atoms with E-state index < -0.39 is 0 Å². The molecule has 0 aliphatic carbocycles. The van der Waals surface area contributed by atoms with Crippen molar-refractivity contribution in [1.82, 2.24) is 25.0 Å². The Morgan fingerprint density at radius 3 is 2.69 bits per heavy atom. The summed E-state index contributed by atoms with van der Waals surface area (Å²) in [5, 5.41) is 6.08. The minimum atomic E-state index is 0.0758. The van der Waals surface area contributed by atoms with Crippen LogP contribution in [0.4, 0.5) is 0 Å². The molecule has 0 atom stereocenters. The summed E-state index contributed by atoms with van der Waals surface area (Å²) in [6, 6.07) is 8.70. The van der Waals surface area contributed by atoms with Crippen molar-refractivity contribution in [3.8, 4) is 10.6 Å². The summed E-state index contributed by atoms with van der Waals surface area (Å²) in [5.41, 5.74) is 3.34. The molecule has 2 fully saturated rings. The van der Waals surface area contributed by atoms with Crippen molar-refractivity contribution in [2.45, 2.75) is 38.6 Å². The molecular formula is C25H37N5OS. The van der Waals surface area contributed by atoms with E-state index in [2.05, 4.69) is 51.3 Å². The third kappa shape index (κ3) is 7.10. The van der Waals surface area contributed by atoms with E-state index in [1.165, 1.54) is 38.0 Å². The predicted octanol–water partition coefficient (Wildman–Crippen LogP) is 3.09. The van der Waals surface area contributed by atoms with Crippen molar-refractivity contribution in [2.75, 3.05) is 59.4 Å². The highest BCUT2D eigenvalue weighted by molar-refractivity contribution is 7.13. The minimum Gasteiger partial charge on any atom is -0.356 e. The first-order valence-electron chi connectivity index (χ1n) is 12.1. The molecule has 3 heterocycles. The van der Waals surface area contributed by atoms with Crippen LogP contribution in [0.2, 0.25) is 0 Å². The number of benzene rings is 1. The van der Waals surface area contributed by atoms with Crippen molar-refractivity contribution in [3.05, 3.63) is 40.9 Å². The zero-order valence-corrected chi connectivity index (χ0v) is 20.2. The van der Waals surface area contributed by atoms with E-state index in [0.717, 1.165) is 68.4 Å². The molecule has 2 aromatic rings. The number of amides is 1. The molecule has 0 spiro atoms. The highest BCUT2D eigenvalue weighted by Crippen LogP contribution is 2.25. The Bertz CT molecular complexity index is 856. The lowest BCUT2D eigenvalue weighted by molar-refractivity contribution is -0.120. The van der Waals surface area contributed by atoms with Crippen LogP contribution >= 0.6 is 11.3 Å². The lowest BCUT2D eigenvalue weighted by Crippen LogP contribution is -2.43. The number of piperazine rings is 1. The Morgan fingerprint density at radius 1 is 1.06 bits per heavy atom. The van der Waals surface area contributed by atoms with Gasteiger partial charge in [0.15, 0.2) is 0 Å². The summed E-state index contributed by atoms with van der Waals surface area (Å²) in [4.78, 5) is 24.5. The monoisotopic (exact) mass is 455 g/mol. The maximum Gasteiger partial charge on any atom is 0.226 e. The highest BCUT2D eigenvalue weighted by atomic mass is 32.1. The number of likely N-dealkylation sites (tertiary alicyclic amines) is 1. The molecule has 0 unspecified atom stereocenters. The van der Waals surface area contributed by atoms with E-state index in [4.69, 9.17) is 4.98 Å². The fourth-order valence-corrected chi connectivity index (χ4v) is 5.33. The SMILES string of the molecule is CN1CCN(Cc2cccc(-c3nc(CC(=O)NCCCCN4CCCC4)cs3)c2)CC1. The van der Waals surface area contributed by atoms with Crippen LogP contribution in [-0.4, -0.2) is 85.0 Å². The van der Waals surface area contributed by atoms with Gasteiger partial charge >= 0.3 is 0 Å². The topological polar surface area (TPSA) is 51.7 Å². The number of hydrogen-bond acceptors (Lipinski definition) is 6. The lowest BCUT2D eigenvalue weighted by atomic mass is 10.1. The van der Waals surface area contributed by atoms with Gasteiger partial charge in [-0.15, -0.1) is 11.3 Å². The summed E-state index contributed by atoms with van der Waals surface area (Å²) >= 11 is 1.63. The van der Waals surface area contributed by atoms with Gasteiger partial charge in [-0.3, -0.25) is 9.69 Å². The van der Waals surface area contributed by atoms with Gasteiger partial charge in [0, 0.05) is 50.2 Å². The van der Waals surface area contributed by atoms with Crippen LogP contribution in [0.25, 0.3) is 10.6 Å². The number of nitrogens with zero attached hydrogens (tertiary/aromatic N) is 4. The second-order valence-electron chi connectivity index (χ2n) is 9.21. The van der Waals surface area contributed by atoms with E-state index in [1.54, 1.807) is 11.3 Å². The van der Waals surface area contributed by atoms with Crippen LogP contribution in [0.15, 0.2) is 29.6 Å². The van der Waals surface area contributed by atoms with Crippen molar-refractivity contribution < 1.29 is 4.79 Å². The second-order valence-corrected chi connectivity index (χ2v) is 10.1. The van der Waals surface area contributed by atoms with Crippen molar-refractivity contribution >= 4 is 17.2 Å². The molecule has 1 aromatic heterocycles. The highest BCUT2D eigenvalue weighted by Gasteiger charge is 2.15. The smallest absolute Gasteiger partial charge is 0.226 e. The summed E-state index contributed by atoms with van der Waals surface area (Å²) in [6.45, 7) is 9.92. The van der Waals surface area contributed by atoms with E-state index in [9.17, 15) is 4.79 Å². The third-order valence-electron chi connectivity index (χ3n) is 6.49. The molecule has 0 bridgehead atoms. The first-order valence-corrected chi connectivity index (χ1v) is 13.0. The van der Waals surface area contributed by atoms with Gasteiger partial charge in [-0.25, -0.2) is 4.98 Å². The number of nitrogens with one attached hydrogen (secondary N) is 1. The number of carbonyl (C=O) groups excluding carboxylic acids is 1. The second kappa shape index (κ2) is 11.9. The van der Waals surface area contributed by atoms with Crippen LogP contribution in [0.3, 0.4) is 0 Å². The van der Waals surface area contributed by atoms with Gasteiger partial charge in [-0.05, 0) is 64.0 Å². The zero-order valence-electron chi connectivity index (χ0n) is 19.4. The van der Waals surface area contributed by atoms with E-state index in [0.29, 0.717) is 6.42 Å². The molecule has 1 N–H and O–H groups in total. The fourth-order valence-electron chi connectivity index (χ4n) is 4.51. The Balaban J connectivity index is 1.21. The average molecular weight is 456 g/mol. The largest absolute Gasteiger partial charge is 0.356 e. The van der Waals surface area contributed by atoms with Crippen molar-refractivity contribution in [2.24, 2.45) is 0 Å². The first-order chi connectivity index (χ1) is 15.7. The Hall–Kier alpha value is -1.80. The van der Waals surface area contributed by atoms with Crippen LogP contribution in [-0.2, 0) is 17.8 Å². The summed E-state index contributed by atoms with van der Waals surface area (Å²) in [6.07, 6.45) is 5.25. The molecule has 1 aromatic carbocycles. The Kier molecular flexibility index (Phi) is 8.68. The summed E-state index contributed by atoms with van der Waals surface area (Å²) in [5.74, 6) is 0.0758. The molecule has 1 amide bonds. The zero-order chi connectivity index (χ0) is 22.2. The molecule has 6 nitrogen and oxygen atoms in total. The summed E-state index contributed by atoms with van der Waals surface area (Å²) in [7, 11) is 2.19. The Morgan fingerprint density at radius 2 is 1.88 bits per heavy atom. The molecular weight excluding hydrogens is 418 g/mol. The average Bonchev–Trinajstić information content (AvgIpc) is 3.48. The quantitative estimate of drug-likeness (QED) is 0.558. The van der Waals surface area contributed by atoms with Crippen LogP contribution < -0.4 is 5.32 Å². The molecule has 2 saturated heterocycles. The Labute approximate surface area is 196 Å². The predicted molar refractivity (Wildman–Crippen MR) is 132 cm³/mol. The minimum absolute atomic E-state index is 0.0758. The molecule has 0 radical (unpaired) electrons. The van der Waals surface area contributed by atoms with Gasteiger partial charge in [0.25, 0.3) is 0 Å². The van der Waals surface area contributed by atoms with Gasteiger partial charge < -0.3 is 15.1 Å². The summed E-state index contributed by atoms with van der Waals surface area (Å²) < 4.78 is 0. The maximum absolute atomic E-state index is 12.3. The third-order valence-corrected chi connectivity index (χ3v) is 7.43. The van der Waals surface area contributed by atoms with Crippen molar-refractivity contribution in [3.63, 3.8) is 0 Å². The molecule has 174 valence electrons. The van der Waals surface area contributed by atoms with Gasteiger partial charge in [-0.1, -0.05) is 18.2 Å². The van der Waals surface area contributed by atoms with Gasteiger partial charge in [0.1, 0.15) is 5.01 Å². The number of thiazole rings is 1. The molecule has 32 heavy (non-hydrogen) atoms.